The molecule has 1 aromatic carbocycles. The molecule has 5 nitrogen and oxygen atoms in total. The number of hydrogen-bond acceptors (Lipinski definition) is 4. The molecule has 150 valence electrons. The van der Waals surface area contributed by atoms with E-state index in [0.717, 1.165) is 32.6 Å². The van der Waals surface area contributed by atoms with Crippen molar-refractivity contribution in [2.24, 2.45) is 0 Å². The minimum atomic E-state index is -3.50. The first kappa shape index (κ1) is 20.1. The monoisotopic (exact) mass is 482 g/mol. The van der Waals surface area contributed by atoms with Crippen LogP contribution in [0.1, 0.15) is 28.2 Å². The lowest BCUT2D eigenvalue weighted by molar-refractivity contribution is -0.135. The Bertz CT molecular complexity index is 1020. The molecule has 8 heteroatoms. The summed E-state index contributed by atoms with van der Waals surface area (Å²) >= 11 is 4.99. The summed E-state index contributed by atoms with van der Waals surface area (Å²) in [5.41, 5.74) is 0.623. The maximum absolute atomic E-state index is 13.2. The number of nitrogens with zero attached hydrogens (tertiary/aromatic N) is 2. The molecule has 0 atom stereocenters. The van der Waals surface area contributed by atoms with Crippen LogP contribution in [0.5, 0.6) is 0 Å². The second-order valence-electron chi connectivity index (χ2n) is 7.57. The van der Waals surface area contributed by atoms with Gasteiger partial charge in [0.1, 0.15) is 0 Å². The molecule has 1 saturated heterocycles. The second-order valence-corrected chi connectivity index (χ2v) is 11.8. The van der Waals surface area contributed by atoms with Gasteiger partial charge in [-0.2, -0.15) is 4.31 Å². The maximum atomic E-state index is 13.2. The lowest BCUT2D eigenvalue weighted by Gasteiger charge is -2.36. The van der Waals surface area contributed by atoms with E-state index in [2.05, 4.69) is 15.9 Å². The average molecular weight is 483 g/mol. The number of benzene rings is 1. The van der Waals surface area contributed by atoms with Crippen LogP contribution in [-0.2, 0) is 20.2 Å². The van der Waals surface area contributed by atoms with Crippen molar-refractivity contribution < 1.29 is 13.2 Å². The molecule has 1 aliphatic heterocycles. The predicted octanol–water partition coefficient (Wildman–Crippen LogP) is 3.69. The van der Waals surface area contributed by atoms with Crippen LogP contribution in [0.2, 0.25) is 0 Å². The van der Waals surface area contributed by atoms with Crippen LogP contribution < -0.4 is 0 Å². The van der Waals surface area contributed by atoms with Crippen LogP contribution in [0.4, 0.5) is 0 Å². The fourth-order valence-corrected chi connectivity index (χ4v) is 7.32. The molecule has 0 spiro atoms. The molecule has 0 N–H and O–H groups in total. The summed E-state index contributed by atoms with van der Waals surface area (Å²) in [6.45, 7) is 5.34. The summed E-state index contributed by atoms with van der Waals surface area (Å²) in [6.07, 6.45) is 1.71. The molecular weight excluding hydrogens is 460 g/mol. The van der Waals surface area contributed by atoms with Gasteiger partial charge >= 0.3 is 0 Å². The third-order valence-electron chi connectivity index (χ3n) is 5.68. The normalized spacial score (nSPS) is 19.6. The first-order chi connectivity index (χ1) is 13.2. The Morgan fingerprint density at radius 3 is 2.32 bits per heavy atom. The van der Waals surface area contributed by atoms with Crippen molar-refractivity contribution in [3.05, 3.63) is 50.1 Å². The summed E-state index contributed by atoms with van der Waals surface area (Å²) in [7, 11) is -3.50. The Hall–Kier alpha value is -1.22. The van der Waals surface area contributed by atoms with Gasteiger partial charge in [-0.05, 0) is 50.5 Å². The highest BCUT2D eigenvalue weighted by molar-refractivity contribution is 9.10. The zero-order valence-electron chi connectivity index (χ0n) is 15.9. The molecule has 1 aromatic heterocycles. The largest absolute Gasteiger partial charge is 0.339 e. The van der Waals surface area contributed by atoms with Crippen molar-refractivity contribution in [1.82, 2.24) is 9.21 Å². The van der Waals surface area contributed by atoms with Crippen LogP contribution in [-0.4, -0.2) is 49.7 Å². The SMILES string of the molecule is Cc1cc(S(=O)(=O)N2CCN(C(=O)C3(c4cccc(Br)c4)CC3)CC2)c(C)s1. The quantitative estimate of drug-likeness (QED) is 0.667. The van der Waals surface area contributed by atoms with Crippen LogP contribution in [0.25, 0.3) is 0 Å². The molecule has 0 unspecified atom stereocenters. The molecule has 0 radical (unpaired) electrons. The lowest BCUT2D eigenvalue weighted by Crippen LogP contribution is -2.52. The number of sulfonamides is 1. The lowest BCUT2D eigenvalue weighted by atomic mass is 9.94. The summed E-state index contributed by atoms with van der Waals surface area (Å²) in [5.74, 6) is 0.130. The number of piperazine rings is 1. The Labute approximate surface area is 178 Å². The van der Waals surface area contributed by atoms with E-state index in [1.165, 1.54) is 15.6 Å². The van der Waals surface area contributed by atoms with Gasteiger partial charge in [0.15, 0.2) is 0 Å². The smallest absolute Gasteiger partial charge is 0.244 e. The molecule has 1 aliphatic carbocycles. The van der Waals surface area contributed by atoms with E-state index in [1.807, 2.05) is 43.0 Å². The van der Waals surface area contributed by atoms with Crippen LogP contribution in [0.15, 0.2) is 39.7 Å². The summed E-state index contributed by atoms with van der Waals surface area (Å²) < 4.78 is 28.5. The molecule has 1 saturated carbocycles. The minimum absolute atomic E-state index is 0.130. The first-order valence-electron chi connectivity index (χ1n) is 9.37. The van der Waals surface area contributed by atoms with Crippen molar-refractivity contribution in [3.8, 4) is 0 Å². The van der Waals surface area contributed by atoms with E-state index in [9.17, 15) is 13.2 Å². The van der Waals surface area contributed by atoms with Gasteiger partial charge in [-0.3, -0.25) is 4.79 Å². The summed E-state index contributed by atoms with van der Waals surface area (Å²) in [4.78, 5) is 17.3. The maximum Gasteiger partial charge on any atom is 0.244 e. The minimum Gasteiger partial charge on any atom is -0.339 e. The Morgan fingerprint density at radius 1 is 1.11 bits per heavy atom. The van der Waals surface area contributed by atoms with Gasteiger partial charge in [-0.15, -0.1) is 11.3 Å². The number of carbonyl (C=O) groups is 1. The van der Waals surface area contributed by atoms with E-state index in [0.29, 0.717) is 31.1 Å². The van der Waals surface area contributed by atoms with Crippen molar-refractivity contribution in [3.63, 3.8) is 0 Å². The molecule has 2 heterocycles. The van der Waals surface area contributed by atoms with Gasteiger partial charge in [0.05, 0.1) is 10.3 Å². The van der Waals surface area contributed by atoms with E-state index < -0.39 is 15.4 Å². The third kappa shape index (κ3) is 3.44. The van der Waals surface area contributed by atoms with E-state index in [-0.39, 0.29) is 5.91 Å². The molecular formula is C20H23BrN2O3S2. The van der Waals surface area contributed by atoms with E-state index in [4.69, 9.17) is 0 Å². The fraction of sp³-hybridized carbons (Fsp3) is 0.450. The highest BCUT2D eigenvalue weighted by Crippen LogP contribution is 2.50. The number of hydrogen-bond donors (Lipinski definition) is 0. The summed E-state index contributed by atoms with van der Waals surface area (Å²) in [6, 6.07) is 9.70. The summed E-state index contributed by atoms with van der Waals surface area (Å²) in [5, 5.41) is 0. The van der Waals surface area contributed by atoms with Gasteiger partial charge in [0, 0.05) is 40.4 Å². The molecule has 4 rings (SSSR count). The van der Waals surface area contributed by atoms with E-state index in [1.54, 1.807) is 6.07 Å². The highest BCUT2D eigenvalue weighted by Gasteiger charge is 2.53. The second kappa shape index (κ2) is 7.23. The van der Waals surface area contributed by atoms with Crippen molar-refractivity contribution in [2.45, 2.75) is 37.0 Å². The van der Waals surface area contributed by atoms with Crippen molar-refractivity contribution >= 4 is 43.2 Å². The molecule has 1 amide bonds. The number of aryl methyl sites for hydroxylation is 2. The number of halogens is 1. The van der Waals surface area contributed by atoms with Crippen LogP contribution >= 0.6 is 27.3 Å². The number of amides is 1. The van der Waals surface area contributed by atoms with Crippen molar-refractivity contribution in [2.75, 3.05) is 26.2 Å². The zero-order chi connectivity index (χ0) is 20.1. The van der Waals surface area contributed by atoms with Gasteiger partial charge in [0.25, 0.3) is 0 Å². The van der Waals surface area contributed by atoms with Crippen molar-refractivity contribution in [1.29, 1.82) is 0 Å². The molecule has 2 aromatic rings. The Balaban J connectivity index is 1.47. The average Bonchev–Trinajstić information content (AvgIpc) is 3.40. The van der Waals surface area contributed by atoms with Gasteiger partial charge in [0.2, 0.25) is 15.9 Å². The fourth-order valence-electron chi connectivity index (χ4n) is 3.97. The first-order valence-corrected chi connectivity index (χ1v) is 12.4. The molecule has 0 bridgehead atoms. The Morgan fingerprint density at radius 2 is 1.79 bits per heavy atom. The molecule has 28 heavy (non-hydrogen) atoms. The predicted molar refractivity (Wildman–Crippen MR) is 114 cm³/mol. The number of carbonyl (C=O) groups excluding carboxylic acids is 1. The van der Waals surface area contributed by atoms with Gasteiger partial charge in [-0.1, -0.05) is 28.1 Å². The third-order valence-corrected chi connectivity index (χ3v) is 9.29. The molecule has 2 aliphatic rings. The highest BCUT2D eigenvalue weighted by atomic mass is 79.9. The number of thiophene rings is 1. The van der Waals surface area contributed by atoms with E-state index >= 15 is 0 Å². The number of rotatable bonds is 4. The zero-order valence-corrected chi connectivity index (χ0v) is 19.2. The Kier molecular flexibility index (Phi) is 5.18. The van der Waals surface area contributed by atoms with Crippen LogP contribution in [0, 0.1) is 13.8 Å². The topological polar surface area (TPSA) is 57.7 Å². The van der Waals surface area contributed by atoms with Gasteiger partial charge in [-0.25, -0.2) is 8.42 Å². The van der Waals surface area contributed by atoms with Gasteiger partial charge < -0.3 is 4.90 Å². The standard InChI is InChI=1S/C20H23BrN2O3S2/c1-14-12-18(15(2)27-14)28(25,26)23-10-8-22(9-11-23)19(24)20(6-7-20)16-4-3-5-17(21)13-16/h3-5,12-13H,6-11H2,1-2H3. The molecule has 2 fully saturated rings. The van der Waals surface area contributed by atoms with Crippen LogP contribution in [0.3, 0.4) is 0 Å².